The largest absolute Gasteiger partial charge is 0.381 e. The lowest BCUT2D eigenvalue weighted by Gasteiger charge is -2.36. The predicted molar refractivity (Wildman–Crippen MR) is 106 cm³/mol. The molecule has 0 bridgehead atoms. The van der Waals surface area contributed by atoms with Crippen molar-refractivity contribution in [3.8, 4) is 0 Å². The Labute approximate surface area is 157 Å². The molecular formula is C15H30IN3O3S. The quantitative estimate of drug-likeness (QED) is 0.206. The first-order chi connectivity index (χ1) is 10.4. The lowest BCUT2D eigenvalue weighted by atomic mass is 9.99. The molecule has 136 valence electrons. The summed E-state index contributed by atoms with van der Waals surface area (Å²) in [5, 5.41) is 3.23. The maximum atomic E-state index is 12.2. The Bertz CT molecular complexity index is 488. The van der Waals surface area contributed by atoms with Crippen LogP contribution in [0.3, 0.4) is 0 Å². The molecule has 0 amide bonds. The van der Waals surface area contributed by atoms with Crippen molar-refractivity contribution >= 4 is 39.8 Å². The number of ether oxygens (including phenoxy) is 1. The number of guanidine groups is 1. The van der Waals surface area contributed by atoms with E-state index in [4.69, 9.17) is 4.74 Å². The van der Waals surface area contributed by atoms with Gasteiger partial charge in [-0.1, -0.05) is 6.08 Å². The van der Waals surface area contributed by atoms with Crippen LogP contribution in [0.15, 0.2) is 17.6 Å². The van der Waals surface area contributed by atoms with Crippen molar-refractivity contribution in [1.29, 1.82) is 0 Å². The van der Waals surface area contributed by atoms with Crippen LogP contribution in [-0.4, -0.2) is 70.7 Å². The Hall–Kier alpha value is -0.350. The van der Waals surface area contributed by atoms with E-state index < -0.39 is 14.6 Å². The third-order valence-corrected chi connectivity index (χ3v) is 6.36. The number of sulfone groups is 1. The van der Waals surface area contributed by atoms with E-state index in [2.05, 4.69) is 16.9 Å². The normalized spacial score (nSPS) is 18.0. The van der Waals surface area contributed by atoms with Gasteiger partial charge in [0.2, 0.25) is 0 Å². The molecule has 23 heavy (non-hydrogen) atoms. The van der Waals surface area contributed by atoms with Gasteiger partial charge in [0.25, 0.3) is 0 Å². The third-order valence-electron chi connectivity index (χ3n) is 4.23. The first-order valence-corrected chi connectivity index (χ1v) is 9.55. The smallest absolute Gasteiger partial charge is 0.193 e. The van der Waals surface area contributed by atoms with Gasteiger partial charge in [-0.05, 0) is 25.7 Å². The van der Waals surface area contributed by atoms with Crippen LogP contribution in [0.4, 0.5) is 0 Å². The fourth-order valence-electron chi connectivity index (χ4n) is 2.63. The van der Waals surface area contributed by atoms with Crippen molar-refractivity contribution in [3.05, 3.63) is 12.7 Å². The number of hydrogen-bond donors (Lipinski definition) is 1. The van der Waals surface area contributed by atoms with Crippen molar-refractivity contribution in [3.63, 3.8) is 0 Å². The molecule has 1 N–H and O–H groups in total. The number of aliphatic imine (C=N–C) groups is 1. The zero-order chi connectivity index (χ0) is 16.6. The van der Waals surface area contributed by atoms with Crippen LogP contribution >= 0.6 is 24.0 Å². The van der Waals surface area contributed by atoms with Gasteiger partial charge in [0.15, 0.2) is 15.8 Å². The van der Waals surface area contributed by atoms with Gasteiger partial charge in [-0.25, -0.2) is 8.42 Å². The van der Waals surface area contributed by atoms with Crippen LogP contribution in [0.1, 0.15) is 25.7 Å². The minimum atomic E-state index is -3.17. The molecule has 1 aliphatic heterocycles. The van der Waals surface area contributed by atoms with E-state index >= 15 is 0 Å². The van der Waals surface area contributed by atoms with Crippen LogP contribution in [0.25, 0.3) is 0 Å². The third kappa shape index (κ3) is 6.58. The summed E-state index contributed by atoms with van der Waals surface area (Å²) >= 11 is 0. The molecule has 1 fully saturated rings. The molecule has 6 nitrogen and oxygen atoms in total. The van der Waals surface area contributed by atoms with Crippen molar-refractivity contribution in [2.75, 3.05) is 46.7 Å². The molecule has 0 unspecified atom stereocenters. The molecule has 1 heterocycles. The van der Waals surface area contributed by atoms with Gasteiger partial charge >= 0.3 is 0 Å². The average molecular weight is 459 g/mol. The minimum absolute atomic E-state index is 0. The highest BCUT2D eigenvalue weighted by molar-refractivity contribution is 14.0. The van der Waals surface area contributed by atoms with Crippen molar-refractivity contribution in [2.24, 2.45) is 4.99 Å². The fourth-order valence-corrected chi connectivity index (χ4v) is 3.87. The SMILES string of the molecule is C=CCCCN(C)C(=NC)NCC1(S(C)(=O)=O)CCOCC1.I. The Balaban J connectivity index is 0.00000484. The fraction of sp³-hybridized carbons (Fsp3) is 0.800. The van der Waals surface area contributed by atoms with Crippen LogP contribution in [0.5, 0.6) is 0 Å². The first-order valence-electron chi connectivity index (χ1n) is 7.66. The molecule has 0 aromatic rings. The van der Waals surface area contributed by atoms with E-state index in [9.17, 15) is 8.42 Å². The summed E-state index contributed by atoms with van der Waals surface area (Å²) in [6.07, 6.45) is 6.20. The molecule has 0 spiro atoms. The molecule has 1 aliphatic rings. The number of nitrogens with zero attached hydrogens (tertiary/aromatic N) is 2. The monoisotopic (exact) mass is 459 g/mol. The van der Waals surface area contributed by atoms with Crippen LogP contribution in [0.2, 0.25) is 0 Å². The van der Waals surface area contributed by atoms with Gasteiger partial charge in [-0.2, -0.15) is 0 Å². The highest BCUT2D eigenvalue weighted by Crippen LogP contribution is 2.28. The second-order valence-electron chi connectivity index (χ2n) is 5.82. The van der Waals surface area contributed by atoms with Gasteiger partial charge in [-0.15, -0.1) is 30.6 Å². The lowest BCUT2D eigenvalue weighted by Crippen LogP contribution is -2.53. The van der Waals surface area contributed by atoms with Crippen molar-refractivity contribution < 1.29 is 13.2 Å². The Morgan fingerprint density at radius 1 is 1.43 bits per heavy atom. The minimum Gasteiger partial charge on any atom is -0.381 e. The summed E-state index contributed by atoms with van der Waals surface area (Å²) in [5.74, 6) is 0.721. The second kappa shape index (κ2) is 10.5. The summed E-state index contributed by atoms with van der Waals surface area (Å²) in [5.41, 5.74) is 0. The number of allylic oxidation sites excluding steroid dienone is 1. The molecule has 0 aromatic heterocycles. The van der Waals surface area contributed by atoms with E-state index in [0.717, 1.165) is 25.3 Å². The predicted octanol–water partition coefficient (Wildman–Crippen LogP) is 1.67. The van der Waals surface area contributed by atoms with Crippen LogP contribution < -0.4 is 5.32 Å². The summed E-state index contributed by atoms with van der Waals surface area (Å²) in [6.45, 7) is 5.91. The van der Waals surface area contributed by atoms with E-state index in [1.54, 1.807) is 7.05 Å². The summed E-state index contributed by atoms with van der Waals surface area (Å²) in [4.78, 5) is 6.26. The van der Waals surface area contributed by atoms with E-state index in [-0.39, 0.29) is 24.0 Å². The Kier molecular flexibility index (Phi) is 10.3. The van der Waals surface area contributed by atoms with E-state index in [0.29, 0.717) is 32.6 Å². The maximum Gasteiger partial charge on any atom is 0.193 e. The molecule has 0 aliphatic carbocycles. The van der Waals surface area contributed by atoms with Gasteiger partial charge < -0.3 is 15.0 Å². The first kappa shape index (κ1) is 22.6. The van der Waals surface area contributed by atoms with Gasteiger partial charge in [-0.3, -0.25) is 4.99 Å². The van der Waals surface area contributed by atoms with Crippen LogP contribution in [-0.2, 0) is 14.6 Å². The zero-order valence-corrected chi connectivity index (χ0v) is 17.5. The number of nitrogens with one attached hydrogen (secondary N) is 1. The van der Waals surface area contributed by atoms with Gasteiger partial charge in [0.05, 0.1) is 4.75 Å². The zero-order valence-electron chi connectivity index (χ0n) is 14.4. The lowest BCUT2D eigenvalue weighted by molar-refractivity contribution is 0.0755. The Morgan fingerprint density at radius 2 is 2.04 bits per heavy atom. The summed E-state index contributed by atoms with van der Waals surface area (Å²) in [6, 6.07) is 0. The highest BCUT2D eigenvalue weighted by atomic mass is 127. The molecule has 1 saturated heterocycles. The maximum absolute atomic E-state index is 12.2. The Morgan fingerprint density at radius 3 is 2.52 bits per heavy atom. The van der Waals surface area contributed by atoms with Crippen molar-refractivity contribution in [2.45, 2.75) is 30.4 Å². The number of rotatable bonds is 7. The molecule has 8 heteroatoms. The highest BCUT2D eigenvalue weighted by Gasteiger charge is 2.42. The standard InChI is InChI=1S/C15H29N3O3S.HI/c1-5-6-7-10-18(3)14(16-2)17-13-15(22(4,19)20)8-11-21-12-9-15;/h5H,1,6-13H2,2-4H3,(H,16,17);1H. The number of unbranched alkanes of at least 4 members (excludes halogenated alkanes) is 1. The van der Waals surface area contributed by atoms with Gasteiger partial charge in [0, 0.05) is 46.7 Å². The average Bonchev–Trinajstić information content (AvgIpc) is 2.48. The van der Waals surface area contributed by atoms with E-state index in [1.165, 1.54) is 6.26 Å². The molecule has 0 radical (unpaired) electrons. The molecule has 0 saturated carbocycles. The van der Waals surface area contributed by atoms with Crippen LogP contribution in [0, 0.1) is 0 Å². The van der Waals surface area contributed by atoms with E-state index in [1.807, 2.05) is 18.0 Å². The van der Waals surface area contributed by atoms with Crippen molar-refractivity contribution in [1.82, 2.24) is 10.2 Å². The summed E-state index contributed by atoms with van der Waals surface area (Å²) < 4.78 is 29.0. The topological polar surface area (TPSA) is 71.0 Å². The molecule has 1 rings (SSSR count). The molecule has 0 aromatic carbocycles. The number of hydrogen-bond acceptors (Lipinski definition) is 4. The second-order valence-corrected chi connectivity index (χ2v) is 8.23. The molecule has 0 atom stereocenters. The summed E-state index contributed by atoms with van der Waals surface area (Å²) in [7, 11) is 0.498. The van der Waals surface area contributed by atoms with Gasteiger partial charge in [0.1, 0.15) is 0 Å². The molecular weight excluding hydrogens is 429 g/mol. The number of halogens is 1.